The topological polar surface area (TPSA) is 57.1 Å². The lowest BCUT2D eigenvalue weighted by atomic mass is 10.2. The van der Waals surface area contributed by atoms with Gasteiger partial charge in [0.2, 0.25) is 12.2 Å². The molecular formula is C7H10N4O. The third kappa shape index (κ3) is 0.975. The Morgan fingerprint density at radius 3 is 3.00 bits per heavy atom. The Balaban J connectivity index is 2.30. The van der Waals surface area contributed by atoms with Crippen molar-refractivity contribution in [3.63, 3.8) is 0 Å². The van der Waals surface area contributed by atoms with Gasteiger partial charge < -0.3 is 0 Å². The van der Waals surface area contributed by atoms with Gasteiger partial charge in [0.05, 0.1) is 6.42 Å². The van der Waals surface area contributed by atoms with Gasteiger partial charge in [-0.3, -0.25) is 10.2 Å². The van der Waals surface area contributed by atoms with Crippen LogP contribution in [0.1, 0.15) is 20.3 Å². The minimum absolute atomic E-state index is 0.0353. The summed E-state index contributed by atoms with van der Waals surface area (Å²) in [4.78, 5) is 19.7. The predicted octanol–water partition coefficient (Wildman–Crippen LogP) is -0.100. The minimum Gasteiger partial charge on any atom is -0.280 e. The first-order valence-corrected chi connectivity index (χ1v) is 3.83. The van der Waals surface area contributed by atoms with Crippen LogP contribution in [-0.2, 0) is 4.79 Å². The van der Waals surface area contributed by atoms with E-state index in [1.54, 1.807) is 0 Å². The highest BCUT2D eigenvalue weighted by molar-refractivity contribution is 6.03. The number of hydrogen-bond acceptors (Lipinski definition) is 4. The van der Waals surface area contributed by atoms with Gasteiger partial charge in [-0.2, -0.15) is 0 Å². The number of nitrogens with zero attached hydrogens (tertiary/aromatic N) is 3. The molecule has 0 aromatic rings. The fourth-order valence-corrected chi connectivity index (χ4v) is 1.32. The summed E-state index contributed by atoms with van der Waals surface area (Å²) in [7, 11) is 0. The van der Waals surface area contributed by atoms with E-state index in [2.05, 4.69) is 15.4 Å². The first-order valence-electron chi connectivity index (χ1n) is 3.83. The SMILES string of the molecule is CC1=NC2N=C(C)NN2C(=O)C1. The third-order valence-corrected chi connectivity index (χ3v) is 1.83. The van der Waals surface area contributed by atoms with Crippen molar-refractivity contribution < 1.29 is 4.79 Å². The zero-order valence-corrected chi connectivity index (χ0v) is 7.03. The van der Waals surface area contributed by atoms with Crippen molar-refractivity contribution in [2.75, 3.05) is 0 Å². The average Bonchev–Trinajstić information content (AvgIpc) is 2.29. The number of hydrazine groups is 1. The molecule has 1 unspecified atom stereocenters. The molecule has 1 amide bonds. The maximum absolute atomic E-state index is 11.3. The van der Waals surface area contributed by atoms with Crippen LogP contribution in [0.3, 0.4) is 0 Å². The quantitative estimate of drug-likeness (QED) is 0.546. The van der Waals surface area contributed by atoms with Crippen LogP contribution < -0.4 is 5.43 Å². The second-order valence-electron chi connectivity index (χ2n) is 2.98. The summed E-state index contributed by atoms with van der Waals surface area (Å²) in [6.07, 6.45) is 0.0398. The Hall–Kier alpha value is -1.39. The monoisotopic (exact) mass is 166 g/mol. The van der Waals surface area contributed by atoms with Crippen molar-refractivity contribution in [2.24, 2.45) is 9.98 Å². The summed E-state index contributed by atoms with van der Waals surface area (Å²) >= 11 is 0. The Morgan fingerprint density at radius 2 is 2.25 bits per heavy atom. The lowest BCUT2D eigenvalue weighted by Crippen LogP contribution is -2.47. The van der Waals surface area contributed by atoms with Crippen molar-refractivity contribution in [2.45, 2.75) is 26.6 Å². The first kappa shape index (κ1) is 7.27. The van der Waals surface area contributed by atoms with Gasteiger partial charge >= 0.3 is 0 Å². The standard InChI is InChI=1S/C7H10N4O/c1-4-3-6(12)11-7(8-4)9-5(2)10-11/h7H,3H2,1-2H3,(H,9,10). The molecule has 2 rings (SSSR count). The molecule has 0 aromatic heterocycles. The number of rotatable bonds is 0. The molecule has 5 nitrogen and oxygen atoms in total. The second kappa shape index (κ2) is 2.30. The molecule has 2 aliphatic heterocycles. The van der Waals surface area contributed by atoms with Gasteiger partial charge in [-0.15, -0.1) is 0 Å². The molecule has 2 heterocycles. The highest BCUT2D eigenvalue weighted by Gasteiger charge is 2.31. The second-order valence-corrected chi connectivity index (χ2v) is 2.98. The van der Waals surface area contributed by atoms with Crippen LogP contribution in [0.25, 0.3) is 0 Å². The van der Waals surface area contributed by atoms with Crippen molar-refractivity contribution in [1.82, 2.24) is 10.4 Å². The van der Waals surface area contributed by atoms with Gasteiger partial charge in [0.15, 0.2) is 0 Å². The molecule has 1 N–H and O–H groups in total. The molecular weight excluding hydrogens is 156 g/mol. The van der Waals surface area contributed by atoms with E-state index in [4.69, 9.17) is 0 Å². The summed E-state index contributed by atoms with van der Waals surface area (Å²) < 4.78 is 0. The molecule has 0 saturated heterocycles. The number of carbonyl (C=O) groups excluding carboxylic acids is 1. The van der Waals surface area contributed by atoms with Gasteiger partial charge in [-0.25, -0.2) is 15.0 Å². The van der Waals surface area contributed by atoms with Crippen LogP contribution in [0, 0.1) is 0 Å². The molecule has 0 saturated carbocycles. The van der Waals surface area contributed by atoms with E-state index in [9.17, 15) is 4.79 Å². The Morgan fingerprint density at radius 1 is 1.50 bits per heavy atom. The van der Waals surface area contributed by atoms with Crippen LogP contribution in [0.4, 0.5) is 0 Å². The van der Waals surface area contributed by atoms with Crippen LogP contribution in [0.5, 0.6) is 0 Å². The Bertz CT molecular complexity index is 294. The molecule has 1 atom stereocenters. The molecule has 0 bridgehead atoms. The molecule has 0 aliphatic carbocycles. The maximum atomic E-state index is 11.3. The molecule has 0 radical (unpaired) electrons. The first-order chi connectivity index (χ1) is 5.66. The zero-order chi connectivity index (χ0) is 8.72. The fourth-order valence-electron chi connectivity index (χ4n) is 1.32. The number of amides is 1. The van der Waals surface area contributed by atoms with E-state index < -0.39 is 0 Å². The minimum atomic E-state index is -0.355. The lowest BCUT2D eigenvalue weighted by molar-refractivity contribution is -0.133. The summed E-state index contributed by atoms with van der Waals surface area (Å²) in [5, 5.41) is 1.46. The Kier molecular flexibility index (Phi) is 1.39. The van der Waals surface area contributed by atoms with Gasteiger partial charge in [-0.1, -0.05) is 0 Å². The number of aliphatic imine (C=N–C) groups is 2. The zero-order valence-electron chi connectivity index (χ0n) is 7.03. The van der Waals surface area contributed by atoms with Crippen LogP contribution in [0.15, 0.2) is 9.98 Å². The third-order valence-electron chi connectivity index (χ3n) is 1.83. The number of fused-ring (bicyclic) bond motifs is 1. The number of nitrogens with one attached hydrogen (secondary N) is 1. The molecule has 5 heteroatoms. The molecule has 0 aromatic carbocycles. The highest BCUT2D eigenvalue weighted by atomic mass is 16.2. The van der Waals surface area contributed by atoms with Crippen molar-refractivity contribution in [3.8, 4) is 0 Å². The smallest absolute Gasteiger partial charge is 0.250 e. The summed E-state index contributed by atoms with van der Waals surface area (Å²) in [5.74, 6) is 0.778. The Labute approximate surface area is 70.1 Å². The number of hydrogen-bond donors (Lipinski definition) is 1. The van der Waals surface area contributed by atoms with E-state index in [1.165, 1.54) is 5.01 Å². The van der Waals surface area contributed by atoms with E-state index in [0.29, 0.717) is 6.42 Å². The van der Waals surface area contributed by atoms with Gasteiger partial charge in [0, 0.05) is 5.71 Å². The fraction of sp³-hybridized carbons (Fsp3) is 0.571. The molecule has 12 heavy (non-hydrogen) atoms. The summed E-state index contributed by atoms with van der Waals surface area (Å²) in [5.41, 5.74) is 3.70. The number of carbonyl (C=O) groups is 1. The number of amidine groups is 1. The molecule has 64 valence electrons. The van der Waals surface area contributed by atoms with Gasteiger partial charge in [0.1, 0.15) is 5.84 Å². The highest BCUT2D eigenvalue weighted by Crippen LogP contribution is 2.14. The summed E-state index contributed by atoms with van der Waals surface area (Å²) in [6.45, 7) is 3.66. The van der Waals surface area contributed by atoms with Crippen LogP contribution >= 0.6 is 0 Å². The molecule has 2 aliphatic rings. The molecule has 0 fully saturated rings. The predicted molar refractivity (Wildman–Crippen MR) is 44.6 cm³/mol. The van der Waals surface area contributed by atoms with E-state index >= 15 is 0 Å². The van der Waals surface area contributed by atoms with Crippen molar-refractivity contribution in [1.29, 1.82) is 0 Å². The molecule has 0 spiro atoms. The maximum Gasteiger partial charge on any atom is 0.250 e. The van der Waals surface area contributed by atoms with E-state index in [-0.39, 0.29) is 12.2 Å². The van der Waals surface area contributed by atoms with Gasteiger partial charge in [-0.05, 0) is 13.8 Å². The van der Waals surface area contributed by atoms with Crippen LogP contribution in [-0.4, -0.2) is 28.8 Å². The normalized spacial score (nSPS) is 27.7. The largest absolute Gasteiger partial charge is 0.280 e. The van der Waals surface area contributed by atoms with Crippen molar-refractivity contribution in [3.05, 3.63) is 0 Å². The van der Waals surface area contributed by atoms with Gasteiger partial charge in [0.25, 0.3) is 0 Å². The summed E-state index contributed by atoms with van der Waals surface area (Å²) in [6, 6.07) is 0. The average molecular weight is 166 g/mol. The van der Waals surface area contributed by atoms with Crippen molar-refractivity contribution >= 4 is 17.5 Å². The van der Waals surface area contributed by atoms with E-state index in [1.807, 2.05) is 13.8 Å². The van der Waals surface area contributed by atoms with E-state index in [0.717, 1.165) is 11.5 Å². The van der Waals surface area contributed by atoms with Crippen LogP contribution in [0.2, 0.25) is 0 Å². The lowest BCUT2D eigenvalue weighted by Gasteiger charge is -2.24.